The predicted molar refractivity (Wildman–Crippen MR) is 103 cm³/mol. The lowest BCUT2D eigenvalue weighted by molar-refractivity contribution is 0.362. The number of hydrogen-bond donors (Lipinski definition) is 1. The van der Waals surface area contributed by atoms with Crippen LogP contribution in [0.4, 0.5) is 0 Å². The fourth-order valence-corrected chi connectivity index (χ4v) is 4.46. The summed E-state index contributed by atoms with van der Waals surface area (Å²) in [5.74, 6) is 2.23. The largest absolute Gasteiger partial charge is 0.339 e. The van der Waals surface area contributed by atoms with Crippen LogP contribution < -0.4 is 0 Å². The van der Waals surface area contributed by atoms with E-state index in [2.05, 4.69) is 44.1 Å². The Hall–Kier alpha value is -1.90. The fraction of sp³-hybridized carbons (Fsp3) is 0.235. The standard InChI is InChI=1S/C17H16N4OS3/c1-10(2)16-18-13(21-22-16)9-25-17-19-14(11-5-3-7-23-11)15(20-17)12-6-4-8-24-12/h3-8,10H,9H2,1-2H3,(H,19,20). The highest BCUT2D eigenvalue weighted by Crippen LogP contribution is 2.37. The molecule has 0 spiro atoms. The van der Waals surface area contributed by atoms with Crippen molar-refractivity contribution in [2.45, 2.75) is 30.7 Å². The third-order valence-electron chi connectivity index (χ3n) is 3.52. The van der Waals surface area contributed by atoms with Gasteiger partial charge in [0.25, 0.3) is 0 Å². The molecule has 0 unspecified atom stereocenters. The highest BCUT2D eigenvalue weighted by Gasteiger charge is 2.17. The zero-order valence-electron chi connectivity index (χ0n) is 13.7. The molecule has 0 saturated carbocycles. The Morgan fingerprint density at radius 2 is 1.88 bits per heavy atom. The van der Waals surface area contributed by atoms with Crippen LogP contribution in [-0.2, 0) is 5.75 Å². The second kappa shape index (κ2) is 7.15. The molecule has 0 radical (unpaired) electrons. The number of thiophene rings is 2. The molecule has 0 aromatic carbocycles. The molecule has 0 amide bonds. The van der Waals surface area contributed by atoms with Crippen LogP contribution >= 0.6 is 34.4 Å². The maximum atomic E-state index is 5.26. The highest BCUT2D eigenvalue weighted by molar-refractivity contribution is 7.98. The first kappa shape index (κ1) is 16.6. The molecule has 0 fully saturated rings. The number of rotatable bonds is 6. The molecule has 1 N–H and O–H groups in total. The van der Waals surface area contributed by atoms with Crippen molar-refractivity contribution in [1.29, 1.82) is 0 Å². The van der Waals surface area contributed by atoms with E-state index in [1.54, 1.807) is 34.4 Å². The molecule has 128 valence electrons. The number of hydrogen-bond acceptors (Lipinski definition) is 7. The van der Waals surface area contributed by atoms with Gasteiger partial charge in [-0.05, 0) is 22.9 Å². The van der Waals surface area contributed by atoms with E-state index in [0.29, 0.717) is 17.5 Å². The molecule has 0 bridgehead atoms. The van der Waals surface area contributed by atoms with E-state index < -0.39 is 0 Å². The van der Waals surface area contributed by atoms with Crippen molar-refractivity contribution in [3.63, 3.8) is 0 Å². The van der Waals surface area contributed by atoms with Crippen LogP contribution in [0.3, 0.4) is 0 Å². The van der Waals surface area contributed by atoms with Gasteiger partial charge in [0.2, 0.25) is 5.89 Å². The van der Waals surface area contributed by atoms with Crippen LogP contribution in [-0.4, -0.2) is 20.1 Å². The third kappa shape index (κ3) is 3.56. The van der Waals surface area contributed by atoms with Gasteiger partial charge in [-0.1, -0.05) is 42.9 Å². The average molecular weight is 389 g/mol. The molecular formula is C17H16N4OS3. The summed E-state index contributed by atoms with van der Waals surface area (Å²) in [6.45, 7) is 4.08. The van der Waals surface area contributed by atoms with Crippen LogP contribution in [0.2, 0.25) is 0 Å². The molecule has 0 aliphatic carbocycles. The van der Waals surface area contributed by atoms with Gasteiger partial charge in [0.1, 0.15) is 5.69 Å². The van der Waals surface area contributed by atoms with Gasteiger partial charge in [-0.3, -0.25) is 0 Å². The Morgan fingerprint density at radius 1 is 1.12 bits per heavy atom. The lowest BCUT2D eigenvalue weighted by Gasteiger charge is -1.96. The molecule has 4 rings (SSSR count). The number of nitrogens with one attached hydrogen (secondary N) is 1. The quantitative estimate of drug-likeness (QED) is 0.431. The normalized spacial score (nSPS) is 11.5. The second-order valence-electron chi connectivity index (χ2n) is 5.71. The lowest BCUT2D eigenvalue weighted by atomic mass is 10.2. The van der Waals surface area contributed by atoms with Crippen molar-refractivity contribution in [2.75, 3.05) is 0 Å². The monoisotopic (exact) mass is 388 g/mol. The molecule has 0 aliphatic rings. The van der Waals surface area contributed by atoms with Gasteiger partial charge in [0, 0.05) is 5.92 Å². The van der Waals surface area contributed by atoms with E-state index in [4.69, 9.17) is 9.51 Å². The first-order valence-corrected chi connectivity index (χ1v) is 10.6. The Balaban J connectivity index is 1.59. The maximum absolute atomic E-state index is 5.26. The zero-order chi connectivity index (χ0) is 17.2. The molecule has 4 aromatic rings. The van der Waals surface area contributed by atoms with Crippen LogP contribution in [0.25, 0.3) is 21.1 Å². The minimum absolute atomic E-state index is 0.241. The number of thioether (sulfide) groups is 1. The zero-order valence-corrected chi connectivity index (χ0v) is 16.2. The molecule has 8 heteroatoms. The van der Waals surface area contributed by atoms with E-state index in [9.17, 15) is 0 Å². The fourth-order valence-electron chi connectivity index (χ4n) is 2.30. The minimum Gasteiger partial charge on any atom is -0.339 e. The van der Waals surface area contributed by atoms with Crippen LogP contribution in [0.1, 0.15) is 31.5 Å². The summed E-state index contributed by atoms with van der Waals surface area (Å²) in [5, 5.41) is 9.05. The Kier molecular flexibility index (Phi) is 4.74. The van der Waals surface area contributed by atoms with E-state index in [0.717, 1.165) is 21.4 Å². The number of aromatic nitrogens is 4. The Labute approximate surface area is 157 Å². The van der Waals surface area contributed by atoms with E-state index in [-0.39, 0.29) is 5.92 Å². The van der Waals surface area contributed by atoms with Crippen molar-refractivity contribution >= 4 is 34.4 Å². The van der Waals surface area contributed by atoms with E-state index in [1.165, 1.54) is 4.88 Å². The van der Waals surface area contributed by atoms with Crippen molar-refractivity contribution in [3.05, 3.63) is 46.7 Å². The Bertz CT molecular complexity index is 887. The summed E-state index contributed by atoms with van der Waals surface area (Å²) in [6, 6.07) is 8.31. The van der Waals surface area contributed by atoms with Crippen molar-refractivity contribution in [2.24, 2.45) is 0 Å². The smallest absolute Gasteiger partial charge is 0.229 e. The maximum Gasteiger partial charge on any atom is 0.229 e. The topological polar surface area (TPSA) is 67.6 Å². The molecule has 0 aliphatic heterocycles. The van der Waals surface area contributed by atoms with Crippen molar-refractivity contribution in [1.82, 2.24) is 20.1 Å². The molecule has 0 atom stereocenters. The molecule has 5 nitrogen and oxygen atoms in total. The number of nitrogens with zero attached hydrogens (tertiary/aromatic N) is 3. The molecule has 4 aromatic heterocycles. The van der Waals surface area contributed by atoms with Crippen LogP contribution in [0, 0.1) is 0 Å². The van der Waals surface area contributed by atoms with Gasteiger partial charge in [-0.2, -0.15) is 4.98 Å². The van der Waals surface area contributed by atoms with Crippen molar-refractivity contribution in [3.8, 4) is 21.1 Å². The van der Waals surface area contributed by atoms with Gasteiger partial charge in [-0.15, -0.1) is 22.7 Å². The number of imidazole rings is 1. The second-order valence-corrected chi connectivity index (χ2v) is 8.57. The highest BCUT2D eigenvalue weighted by atomic mass is 32.2. The van der Waals surface area contributed by atoms with Gasteiger partial charge < -0.3 is 9.51 Å². The first-order chi connectivity index (χ1) is 12.2. The van der Waals surface area contributed by atoms with Gasteiger partial charge in [0.15, 0.2) is 11.0 Å². The molecule has 4 heterocycles. The Morgan fingerprint density at radius 3 is 2.52 bits per heavy atom. The average Bonchev–Trinajstić information content (AvgIpc) is 3.40. The van der Waals surface area contributed by atoms with Crippen molar-refractivity contribution < 1.29 is 4.52 Å². The van der Waals surface area contributed by atoms with Gasteiger partial charge in [-0.25, -0.2) is 4.98 Å². The van der Waals surface area contributed by atoms with E-state index >= 15 is 0 Å². The van der Waals surface area contributed by atoms with E-state index in [1.807, 2.05) is 19.9 Å². The summed E-state index contributed by atoms with van der Waals surface area (Å²) < 4.78 is 5.26. The van der Waals surface area contributed by atoms with Gasteiger partial charge in [0.05, 0.1) is 21.2 Å². The number of H-pyrrole nitrogens is 1. The molecular weight excluding hydrogens is 372 g/mol. The van der Waals surface area contributed by atoms with Crippen LogP contribution in [0.15, 0.2) is 44.7 Å². The minimum atomic E-state index is 0.241. The SMILES string of the molecule is CC(C)c1nc(CSc2nc(-c3cccs3)c(-c3cccs3)[nH]2)no1. The summed E-state index contributed by atoms with van der Waals surface area (Å²) >= 11 is 4.99. The predicted octanol–water partition coefficient (Wildman–Crippen LogP) is 5.67. The first-order valence-electron chi connectivity index (χ1n) is 7.83. The lowest BCUT2D eigenvalue weighted by Crippen LogP contribution is -1.89. The summed E-state index contributed by atoms with van der Waals surface area (Å²) in [7, 11) is 0. The summed E-state index contributed by atoms with van der Waals surface area (Å²) in [5.41, 5.74) is 2.06. The molecule has 25 heavy (non-hydrogen) atoms. The number of aromatic amines is 1. The third-order valence-corrected chi connectivity index (χ3v) is 6.15. The molecule has 0 saturated heterocycles. The van der Waals surface area contributed by atoms with Crippen LogP contribution in [0.5, 0.6) is 0 Å². The summed E-state index contributed by atoms with van der Waals surface area (Å²) in [4.78, 5) is 15.0. The van der Waals surface area contributed by atoms with Gasteiger partial charge >= 0.3 is 0 Å². The summed E-state index contributed by atoms with van der Waals surface area (Å²) in [6.07, 6.45) is 0.